The Hall–Kier alpha value is -2.61. The van der Waals surface area contributed by atoms with Crippen molar-refractivity contribution in [3.63, 3.8) is 0 Å². The maximum atomic E-state index is 13.3. The van der Waals surface area contributed by atoms with Crippen LogP contribution in [0.5, 0.6) is 11.5 Å². The molecule has 4 N–H and O–H groups in total. The molecule has 230 valence electrons. The van der Waals surface area contributed by atoms with Crippen molar-refractivity contribution >= 4 is 5.91 Å². The normalized spacial score (nSPS) is 15.1. The second-order valence-corrected chi connectivity index (χ2v) is 11.8. The molecular formula is C34H54N2O5. The van der Waals surface area contributed by atoms with Crippen molar-refractivity contribution in [2.45, 2.75) is 72.4 Å². The van der Waals surface area contributed by atoms with Gasteiger partial charge in [0.15, 0.2) is 11.5 Å². The van der Waals surface area contributed by atoms with Gasteiger partial charge in [-0.3, -0.25) is 4.79 Å². The van der Waals surface area contributed by atoms with E-state index in [4.69, 9.17) is 19.9 Å². The number of carbonyl (C=O) groups is 1. The SMILES string of the molecule is COCCCOc1cc(C[C@@H](C[C@H](N)C(C)C[C@H](C(=O)NCc2ccccc2)C(C)CCO)C(C)C)ccc1OC. The number of hydrogen-bond donors (Lipinski definition) is 3. The van der Waals surface area contributed by atoms with Crippen LogP contribution in [0.15, 0.2) is 48.5 Å². The maximum absolute atomic E-state index is 13.3. The van der Waals surface area contributed by atoms with E-state index < -0.39 is 0 Å². The van der Waals surface area contributed by atoms with Crippen LogP contribution in [0.25, 0.3) is 0 Å². The Labute approximate surface area is 248 Å². The molecule has 0 saturated carbocycles. The Morgan fingerprint density at radius 2 is 1.66 bits per heavy atom. The van der Waals surface area contributed by atoms with Gasteiger partial charge in [-0.2, -0.15) is 0 Å². The summed E-state index contributed by atoms with van der Waals surface area (Å²) in [5, 5.41) is 12.7. The van der Waals surface area contributed by atoms with E-state index in [-0.39, 0.29) is 36.3 Å². The number of aliphatic hydroxyl groups excluding tert-OH is 1. The lowest BCUT2D eigenvalue weighted by molar-refractivity contribution is -0.127. The van der Waals surface area contributed by atoms with Crippen LogP contribution < -0.4 is 20.5 Å². The summed E-state index contributed by atoms with van der Waals surface area (Å²) in [6, 6.07) is 16.1. The van der Waals surface area contributed by atoms with Crippen LogP contribution in [-0.4, -0.2) is 51.1 Å². The van der Waals surface area contributed by atoms with Gasteiger partial charge in [-0.15, -0.1) is 0 Å². The van der Waals surface area contributed by atoms with Crippen LogP contribution in [0.3, 0.4) is 0 Å². The van der Waals surface area contributed by atoms with Crippen molar-refractivity contribution < 1.29 is 24.1 Å². The van der Waals surface area contributed by atoms with Gasteiger partial charge in [0.05, 0.1) is 13.7 Å². The number of benzene rings is 2. The first-order valence-corrected chi connectivity index (χ1v) is 15.2. The topological polar surface area (TPSA) is 103 Å². The van der Waals surface area contributed by atoms with E-state index >= 15 is 0 Å². The minimum absolute atomic E-state index is 0.0329. The van der Waals surface area contributed by atoms with Gasteiger partial charge in [-0.05, 0) is 72.6 Å². The Morgan fingerprint density at radius 1 is 0.927 bits per heavy atom. The fraction of sp³-hybridized carbons (Fsp3) is 0.618. The average molecular weight is 571 g/mol. The van der Waals surface area contributed by atoms with E-state index in [9.17, 15) is 9.90 Å². The number of aliphatic hydroxyl groups is 1. The number of methoxy groups -OCH3 is 2. The summed E-state index contributed by atoms with van der Waals surface area (Å²) in [4.78, 5) is 13.3. The van der Waals surface area contributed by atoms with E-state index in [0.29, 0.717) is 44.4 Å². The molecule has 7 heteroatoms. The minimum atomic E-state index is -0.205. The van der Waals surface area contributed by atoms with Crippen LogP contribution in [0.4, 0.5) is 0 Å². The van der Waals surface area contributed by atoms with Gasteiger partial charge in [0.1, 0.15) is 0 Å². The highest BCUT2D eigenvalue weighted by atomic mass is 16.5. The van der Waals surface area contributed by atoms with E-state index in [0.717, 1.165) is 36.3 Å². The van der Waals surface area contributed by atoms with Crippen LogP contribution in [0.1, 0.15) is 64.5 Å². The van der Waals surface area contributed by atoms with E-state index in [2.05, 4.69) is 45.1 Å². The lowest BCUT2D eigenvalue weighted by atomic mass is 9.77. The first kappa shape index (κ1) is 34.6. The van der Waals surface area contributed by atoms with Gasteiger partial charge in [0.2, 0.25) is 5.91 Å². The van der Waals surface area contributed by atoms with Crippen LogP contribution >= 0.6 is 0 Å². The fourth-order valence-corrected chi connectivity index (χ4v) is 5.32. The monoisotopic (exact) mass is 570 g/mol. The molecule has 41 heavy (non-hydrogen) atoms. The van der Waals surface area contributed by atoms with Crippen molar-refractivity contribution in [2.75, 3.05) is 34.0 Å². The Bertz CT molecular complexity index is 1000. The van der Waals surface area contributed by atoms with Crippen molar-refractivity contribution in [3.05, 3.63) is 59.7 Å². The predicted octanol–water partition coefficient (Wildman–Crippen LogP) is 5.62. The third kappa shape index (κ3) is 12.0. The molecule has 0 radical (unpaired) electrons. The molecule has 5 atom stereocenters. The van der Waals surface area contributed by atoms with Gasteiger partial charge >= 0.3 is 0 Å². The molecule has 2 rings (SSSR count). The standard InChI is InChI=1S/C34H54N2O5/c1-24(2)29(20-28-13-14-32(40-6)33(21-28)41-18-10-17-39-5)22-31(35)26(4)19-30(25(3)15-16-37)34(38)36-23-27-11-8-7-9-12-27/h7-9,11-14,21,24-26,29-31,37H,10,15-20,22-23,35H2,1-6H3,(H,36,38)/t25?,26?,29-,30-,31-/m0/s1. The summed E-state index contributed by atoms with van der Waals surface area (Å²) < 4.78 is 16.7. The van der Waals surface area contributed by atoms with Crippen molar-refractivity contribution in [1.82, 2.24) is 5.32 Å². The molecule has 7 nitrogen and oxygen atoms in total. The lowest BCUT2D eigenvalue weighted by Gasteiger charge is -2.31. The molecule has 2 aromatic rings. The third-order valence-corrected chi connectivity index (χ3v) is 8.27. The molecule has 0 aliphatic heterocycles. The first-order chi connectivity index (χ1) is 19.7. The summed E-state index contributed by atoms with van der Waals surface area (Å²) in [5.41, 5.74) is 9.09. The number of carbonyl (C=O) groups excluding carboxylic acids is 1. The number of nitrogens with one attached hydrogen (secondary N) is 1. The number of ether oxygens (including phenoxy) is 3. The smallest absolute Gasteiger partial charge is 0.223 e. The Morgan fingerprint density at radius 3 is 2.29 bits per heavy atom. The zero-order valence-electron chi connectivity index (χ0n) is 26.1. The number of nitrogens with two attached hydrogens (primary N) is 1. The summed E-state index contributed by atoms with van der Waals surface area (Å²) >= 11 is 0. The molecule has 0 aliphatic carbocycles. The minimum Gasteiger partial charge on any atom is -0.493 e. The molecule has 1 amide bonds. The van der Waals surface area contributed by atoms with Gasteiger partial charge < -0.3 is 30.4 Å². The molecule has 0 spiro atoms. The summed E-state index contributed by atoms with van der Waals surface area (Å²) in [6.45, 7) is 10.5. The maximum Gasteiger partial charge on any atom is 0.223 e. The second-order valence-electron chi connectivity index (χ2n) is 11.8. The quantitative estimate of drug-likeness (QED) is 0.179. The van der Waals surface area contributed by atoms with E-state index in [1.807, 2.05) is 36.4 Å². The number of hydrogen-bond acceptors (Lipinski definition) is 6. The number of amides is 1. The van der Waals surface area contributed by atoms with Gasteiger partial charge in [-0.25, -0.2) is 0 Å². The van der Waals surface area contributed by atoms with Crippen molar-refractivity contribution in [1.29, 1.82) is 0 Å². The molecule has 0 saturated heterocycles. The largest absolute Gasteiger partial charge is 0.493 e. The number of rotatable bonds is 20. The fourth-order valence-electron chi connectivity index (χ4n) is 5.32. The molecule has 0 heterocycles. The Balaban J connectivity index is 2.05. The zero-order valence-corrected chi connectivity index (χ0v) is 26.1. The lowest BCUT2D eigenvalue weighted by Crippen LogP contribution is -2.39. The molecule has 2 aromatic carbocycles. The summed E-state index contributed by atoms with van der Waals surface area (Å²) in [7, 11) is 3.35. The van der Waals surface area contributed by atoms with E-state index in [1.54, 1.807) is 14.2 Å². The Kier molecular flexibility index (Phi) is 15.8. The average Bonchev–Trinajstić information content (AvgIpc) is 2.97. The van der Waals surface area contributed by atoms with Gasteiger partial charge in [-0.1, -0.05) is 64.1 Å². The van der Waals surface area contributed by atoms with Crippen molar-refractivity contribution in [2.24, 2.45) is 35.3 Å². The van der Waals surface area contributed by atoms with Crippen LogP contribution in [0, 0.1) is 29.6 Å². The molecule has 0 fully saturated rings. The highest BCUT2D eigenvalue weighted by Crippen LogP contribution is 2.33. The van der Waals surface area contributed by atoms with Crippen molar-refractivity contribution in [3.8, 4) is 11.5 Å². The molecular weight excluding hydrogens is 516 g/mol. The van der Waals surface area contributed by atoms with E-state index in [1.165, 1.54) is 5.56 Å². The van der Waals surface area contributed by atoms with Gasteiger partial charge in [0, 0.05) is 45.2 Å². The highest BCUT2D eigenvalue weighted by Gasteiger charge is 2.30. The molecule has 0 aliphatic rings. The summed E-state index contributed by atoms with van der Waals surface area (Å²) in [6.07, 6.45) is 3.84. The van der Waals surface area contributed by atoms with Crippen LogP contribution in [-0.2, 0) is 22.5 Å². The zero-order chi connectivity index (χ0) is 30.2. The third-order valence-electron chi connectivity index (χ3n) is 8.27. The molecule has 0 aromatic heterocycles. The molecule has 2 unspecified atom stereocenters. The molecule has 0 bridgehead atoms. The highest BCUT2D eigenvalue weighted by molar-refractivity contribution is 5.78. The van der Waals surface area contributed by atoms with Gasteiger partial charge in [0.25, 0.3) is 0 Å². The first-order valence-electron chi connectivity index (χ1n) is 15.2. The predicted molar refractivity (Wildman–Crippen MR) is 166 cm³/mol. The second kappa shape index (κ2) is 18.7. The van der Waals surface area contributed by atoms with Crippen LogP contribution in [0.2, 0.25) is 0 Å². The summed E-state index contributed by atoms with van der Waals surface area (Å²) in [5.74, 6) is 2.35.